The predicted molar refractivity (Wildman–Crippen MR) is 91.0 cm³/mol. The Balaban J connectivity index is 1.92. The van der Waals surface area contributed by atoms with Gasteiger partial charge in [-0.3, -0.25) is 9.59 Å². The molecule has 2 aromatic carbocycles. The third-order valence-corrected chi connectivity index (χ3v) is 3.89. The Bertz CT molecular complexity index is 744. The third kappa shape index (κ3) is 5.91. The molecule has 26 heavy (non-hydrogen) atoms. The number of carbonyl (C=O) groups is 2. The van der Waals surface area contributed by atoms with E-state index in [0.717, 1.165) is 17.7 Å². The van der Waals surface area contributed by atoms with Crippen LogP contribution >= 0.6 is 0 Å². The van der Waals surface area contributed by atoms with Crippen molar-refractivity contribution >= 4 is 11.8 Å². The summed E-state index contributed by atoms with van der Waals surface area (Å²) in [4.78, 5) is 23.6. The molecule has 0 aliphatic carbocycles. The first kappa shape index (κ1) is 19.5. The van der Waals surface area contributed by atoms with Crippen molar-refractivity contribution in [3.8, 4) is 0 Å². The Labute approximate surface area is 149 Å². The van der Waals surface area contributed by atoms with Gasteiger partial charge in [-0.1, -0.05) is 42.5 Å². The molecule has 0 fully saturated rings. The van der Waals surface area contributed by atoms with Gasteiger partial charge in [0.2, 0.25) is 11.8 Å². The highest BCUT2D eigenvalue weighted by Gasteiger charge is 2.30. The van der Waals surface area contributed by atoms with E-state index >= 15 is 0 Å². The van der Waals surface area contributed by atoms with Gasteiger partial charge in [-0.05, 0) is 36.1 Å². The highest BCUT2D eigenvalue weighted by Crippen LogP contribution is 2.29. The lowest BCUT2D eigenvalue weighted by Crippen LogP contribution is -2.45. The maximum atomic E-state index is 12.5. The predicted octanol–water partition coefficient (Wildman–Crippen LogP) is 2.85. The summed E-state index contributed by atoms with van der Waals surface area (Å²) < 4.78 is 37.6. The van der Waals surface area contributed by atoms with Gasteiger partial charge >= 0.3 is 6.18 Å². The zero-order valence-electron chi connectivity index (χ0n) is 13.9. The van der Waals surface area contributed by atoms with Gasteiger partial charge in [0.05, 0.1) is 12.0 Å². The van der Waals surface area contributed by atoms with Crippen molar-refractivity contribution in [3.05, 3.63) is 71.3 Å². The Hall–Kier alpha value is -2.83. The number of hydrogen-bond donors (Lipinski definition) is 2. The van der Waals surface area contributed by atoms with Crippen molar-refractivity contribution in [1.82, 2.24) is 5.32 Å². The molecule has 0 unspecified atom stereocenters. The molecule has 1 atom stereocenters. The van der Waals surface area contributed by atoms with E-state index in [1.807, 2.05) is 30.3 Å². The molecule has 138 valence electrons. The number of nitrogens with one attached hydrogen (secondary N) is 1. The second-order valence-electron chi connectivity index (χ2n) is 5.92. The molecular formula is C19H19F3N2O2. The lowest BCUT2D eigenvalue weighted by molar-refractivity contribution is -0.137. The van der Waals surface area contributed by atoms with Gasteiger partial charge in [0.1, 0.15) is 6.04 Å². The number of halogens is 3. The van der Waals surface area contributed by atoms with Crippen LogP contribution < -0.4 is 11.1 Å². The van der Waals surface area contributed by atoms with E-state index in [1.54, 1.807) is 0 Å². The van der Waals surface area contributed by atoms with E-state index in [-0.39, 0.29) is 6.42 Å². The molecule has 0 aliphatic heterocycles. The zero-order chi connectivity index (χ0) is 19.2. The summed E-state index contributed by atoms with van der Waals surface area (Å²) >= 11 is 0. The van der Waals surface area contributed by atoms with Crippen LogP contribution in [0.1, 0.15) is 23.1 Å². The molecule has 7 heteroatoms. The van der Waals surface area contributed by atoms with Crippen LogP contribution in [-0.2, 0) is 28.6 Å². The molecule has 0 heterocycles. The van der Waals surface area contributed by atoms with E-state index in [1.165, 1.54) is 12.1 Å². The number of primary amides is 1. The third-order valence-electron chi connectivity index (χ3n) is 3.89. The minimum atomic E-state index is -4.42. The molecule has 2 rings (SSSR count). The number of alkyl halides is 3. The summed E-state index contributed by atoms with van der Waals surface area (Å²) in [5, 5.41) is 2.54. The number of aryl methyl sites for hydroxylation is 1. The number of benzene rings is 2. The molecule has 0 radical (unpaired) electrons. The van der Waals surface area contributed by atoms with Crippen LogP contribution in [0.3, 0.4) is 0 Å². The van der Waals surface area contributed by atoms with Crippen LogP contribution in [-0.4, -0.2) is 17.9 Å². The largest absolute Gasteiger partial charge is 0.416 e. The minimum absolute atomic E-state index is 0.132. The summed E-state index contributed by atoms with van der Waals surface area (Å²) in [7, 11) is 0. The van der Waals surface area contributed by atoms with Crippen LogP contribution in [0.4, 0.5) is 13.2 Å². The molecule has 2 amide bonds. The van der Waals surface area contributed by atoms with Crippen molar-refractivity contribution in [2.45, 2.75) is 31.5 Å². The smallest absolute Gasteiger partial charge is 0.368 e. The molecule has 0 aromatic heterocycles. The Kier molecular flexibility index (Phi) is 6.38. The molecule has 0 saturated heterocycles. The van der Waals surface area contributed by atoms with E-state index in [9.17, 15) is 22.8 Å². The maximum absolute atomic E-state index is 12.5. The fourth-order valence-corrected chi connectivity index (χ4v) is 2.48. The lowest BCUT2D eigenvalue weighted by Gasteiger charge is -2.16. The first-order valence-corrected chi connectivity index (χ1v) is 8.04. The Morgan fingerprint density at radius 1 is 0.962 bits per heavy atom. The zero-order valence-corrected chi connectivity index (χ0v) is 13.9. The monoisotopic (exact) mass is 364 g/mol. The number of rotatable bonds is 7. The van der Waals surface area contributed by atoms with Gasteiger partial charge in [0, 0.05) is 0 Å². The normalized spacial score (nSPS) is 12.4. The molecule has 3 N–H and O–H groups in total. The summed E-state index contributed by atoms with van der Waals surface area (Å²) in [6.07, 6.45) is -3.64. The highest BCUT2D eigenvalue weighted by atomic mass is 19.4. The summed E-state index contributed by atoms with van der Waals surface area (Å²) in [6, 6.07) is 12.9. The van der Waals surface area contributed by atoms with Gasteiger partial charge < -0.3 is 11.1 Å². The number of hydrogen-bond acceptors (Lipinski definition) is 2. The van der Waals surface area contributed by atoms with Crippen molar-refractivity contribution in [2.75, 3.05) is 0 Å². The van der Waals surface area contributed by atoms with Crippen LogP contribution in [0.25, 0.3) is 0 Å². The van der Waals surface area contributed by atoms with Gasteiger partial charge in [0.15, 0.2) is 0 Å². The van der Waals surface area contributed by atoms with E-state index in [0.29, 0.717) is 18.4 Å². The Morgan fingerprint density at radius 3 is 2.12 bits per heavy atom. The maximum Gasteiger partial charge on any atom is 0.416 e. The molecule has 0 bridgehead atoms. The van der Waals surface area contributed by atoms with Gasteiger partial charge in [0.25, 0.3) is 0 Å². The average Bonchev–Trinajstić information content (AvgIpc) is 2.59. The van der Waals surface area contributed by atoms with Crippen LogP contribution in [0.2, 0.25) is 0 Å². The average molecular weight is 364 g/mol. The van der Waals surface area contributed by atoms with Crippen LogP contribution in [0.5, 0.6) is 0 Å². The van der Waals surface area contributed by atoms with E-state index in [2.05, 4.69) is 5.32 Å². The topological polar surface area (TPSA) is 72.2 Å². The SMILES string of the molecule is NC(=O)[C@H](CCc1ccccc1)NC(=O)Cc1ccc(C(F)(F)F)cc1. The first-order valence-electron chi connectivity index (χ1n) is 8.04. The standard InChI is InChI=1S/C19H19F3N2O2/c20-19(21,22)15-9-6-14(7-10-15)12-17(25)24-16(18(23)26)11-8-13-4-2-1-3-5-13/h1-7,9-10,16H,8,11-12H2,(H2,23,26)(H,24,25)/t16-/m0/s1. The summed E-state index contributed by atoms with van der Waals surface area (Å²) in [5.41, 5.74) is 5.98. The fraction of sp³-hybridized carbons (Fsp3) is 0.263. The Morgan fingerprint density at radius 2 is 1.58 bits per heavy atom. The molecule has 0 aliphatic rings. The molecular weight excluding hydrogens is 345 g/mol. The van der Waals surface area contributed by atoms with Gasteiger partial charge in [-0.2, -0.15) is 13.2 Å². The van der Waals surface area contributed by atoms with Gasteiger partial charge in [-0.15, -0.1) is 0 Å². The van der Waals surface area contributed by atoms with Gasteiger partial charge in [-0.25, -0.2) is 0 Å². The second-order valence-corrected chi connectivity index (χ2v) is 5.92. The van der Waals surface area contributed by atoms with Crippen molar-refractivity contribution < 1.29 is 22.8 Å². The van der Waals surface area contributed by atoms with Crippen molar-refractivity contribution in [3.63, 3.8) is 0 Å². The lowest BCUT2D eigenvalue weighted by atomic mass is 10.0. The van der Waals surface area contributed by atoms with Crippen LogP contribution in [0.15, 0.2) is 54.6 Å². The minimum Gasteiger partial charge on any atom is -0.368 e. The second kappa shape index (κ2) is 8.51. The number of amides is 2. The van der Waals surface area contributed by atoms with Crippen molar-refractivity contribution in [1.29, 1.82) is 0 Å². The molecule has 2 aromatic rings. The first-order chi connectivity index (χ1) is 12.3. The summed E-state index contributed by atoms with van der Waals surface area (Å²) in [5.74, 6) is -1.12. The number of nitrogens with two attached hydrogens (primary N) is 1. The fourth-order valence-electron chi connectivity index (χ4n) is 2.48. The molecule has 0 saturated carbocycles. The quantitative estimate of drug-likeness (QED) is 0.793. The molecule has 4 nitrogen and oxygen atoms in total. The van der Waals surface area contributed by atoms with E-state index < -0.39 is 29.6 Å². The highest BCUT2D eigenvalue weighted by molar-refractivity contribution is 5.87. The van der Waals surface area contributed by atoms with Crippen LogP contribution in [0, 0.1) is 0 Å². The van der Waals surface area contributed by atoms with E-state index in [4.69, 9.17) is 5.73 Å². The van der Waals surface area contributed by atoms with Crippen molar-refractivity contribution in [2.24, 2.45) is 5.73 Å². The summed E-state index contributed by atoms with van der Waals surface area (Å²) in [6.45, 7) is 0. The number of carbonyl (C=O) groups excluding carboxylic acids is 2. The molecule has 0 spiro atoms.